The normalized spacial score (nSPS) is 12.4. The van der Waals surface area contributed by atoms with Crippen molar-refractivity contribution in [2.45, 2.75) is 26.1 Å². The fourth-order valence-electron chi connectivity index (χ4n) is 1.78. The summed E-state index contributed by atoms with van der Waals surface area (Å²) in [4.78, 5) is 23.5. The van der Waals surface area contributed by atoms with Crippen LogP contribution >= 0.6 is 0 Å². The highest BCUT2D eigenvalue weighted by Crippen LogP contribution is 2.14. The van der Waals surface area contributed by atoms with Crippen molar-refractivity contribution in [1.29, 1.82) is 0 Å². The van der Waals surface area contributed by atoms with Gasteiger partial charge in [0.1, 0.15) is 6.61 Å². The van der Waals surface area contributed by atoms with Crippen molar-refractivity contribution in [3.05, 3.63) is 29.8 Å². The zero-order chi connectivity index (χ0) is 18.2. The standard InChI is InChI=1S/C15H20F3N3O3/c1-3-19-13(22)11-5-4-6-12(7-11)21-14(23)20-10(2)8-24-9-15(16,17)18/h4-7,10H,3,8-9H2,1-2H3,(H,19,22)(H2,20,21,23). The van der Waals surface area contributed by atoms with Crippen LogP contribution in [0.3, 0.4) is 0 Å². The van der Waals surface area contributed by atoms with Crippen LogP contribution in [0, 0.1) is 0 Å². The molecule has 3 amide bonds. The van der Waals surface area contributed by atoms with Crippen LogP contribution in [-0.2, 0) is 4.74 Å². The maximum atomic E-state index is 12.0. The number of halogens is 3. The lowest BCUT2D eigenvalue weighted by atomic mass is 10.2. The van der Waals surface area contributed by atoms with E-state index in [1.165, 1.54) is 13.0 Å². The van der Waals surface area contributed by atoms with E-state index in [0.717, 1.165) is 0 Å². The van der Waals surface area contributed by atoms with Gasteiger partial charge in [0.05, 0.1) is 12.6 Å². The number of rotatable bonds is 7. The summed E-state index contributed by atoms with van der Waals surface area (Å²) in [5, 5.41) is 7.59. The summed E-state index contributed by atoms with van der Waals surface area (Å²) >= 11 is 0. The minimum absolute atomic E-state index is 0.268. The number of nitrogens with one attached hydrogen (secondary N) is 3. The van der Waals surface area contributed by atoms with Crippen molar-refractivity contribution in [2.75, 3.05) is 25.1 Å². The SMILES string of the molecule is CCNC(=O)c1cccc(NC(=O)NC(C)COCC(F)(F)F)c1. The van der Waals surface area contributed by atoms with Gasteiger partial charge in [0, 0.05) is 17.8 Å². The van der Waals surface area contributed by atoms with E-state index in [9.17, 15) is 22.8 Å². The monoisotopic (exact) mass is 347 g/mol. The van der Waals surface area contributed by atoms with Crippen LogP contribution < -0.4 is 16.0 Å². The number of ether oxygens (including phenoxy) is 1. The Labute approximate surface area is 137 Å². The van der Waals surface area contributed by atoms with Gasteiger partial charge in [0.2, 0.25) is 0 Å². The quantitative estimate of drug-likeness (QED) is 0.709. The first-order valence-electron chi connectivity index (χ1n) is 7.31. The molecule has 0 saturated heterocycles. The molecule has 1 atom stereocenters. The van der Waals surface area contributed by atoms with Gasteiger partial charge in [-0.1, -0.05) is 6.07 Å². The lowest BCUT2D eigenvalue weighted by molar-refractivity contribution is -0.174. The molecule has 0 heterocycles. The third kappa shape index (κ3) is 7.82. The van der Waals surface area contributed by atoms with Gasteiger partial charge in [-0.25, -0.2) is 4.79 Å². The average molecular weight is 347 g/mol. The Morgan fingerprint density at radius 3 is 2.62 bits per heavy atom. The molecule has 1 rings (SSSR count). The Morgan fingerprint density at radius 2 is 2.00 bits per heavy atom. The van der Waals surface area contributed by atoms with Gasteiger partial charge in [-0.2, -0.15) is 13.2 Å². The molecule has 1 aromatic carbocycles. The number of benzene rings is 1. The van der Waals surface area contributed by atoms with Gasteiger partial charge in [-0.05, 0) is 32.0 Å². The molecule has 6 nitrogen and oxygen atoms in total. The van der Waals surface area contributed by atoms with Gasteiger partial charge in [0.15, 0.2) is 0 Å². The molecule has 0 aromatic heterocycles. The highest BCUT2D eigenvalue weighted by Gasteiger charge is 2.27. The maximum absolute atomic E-state index is 12.0. The van der Waals surface area contributed by atoms with Crippen LogP contribution in [0.25, 0.3) is 0 Å². The van der Waals surface area contributed by atoms with E-state index < -0.39 is 24.9 Å². The third-order valence-corrected chi connectivity index (χ3v) is 2.73. The molecule has 24 heavy (non-hydrogen) atoms. The average Bonchev–Trinajstić information content (AvgIpc) is 2.46. The minimum Gasteiger partial charge on any atom is -0.370 e. The number of carbonyl (C=O) groups is 2. The van der Waals surface area contributed by atoms with Crippen molar-refractivity contribution in [3.8, 4) is 0 Å². The molecule has 0 fully saturated rings. The number of anilines is 1. The Bertz CT molecular complexity index is 564. The fraction of sp³-hybridized carbons (Fsp3) is 0.467. The van der Waals surface area contributed by atoms with E-state index in [-0.39, 0.29) is 12.5 Å². The van der Waals surface area contributed by atoms with E-state index in [1.807, 2.05) is 0 Å². The molecule has 0 saturated carbocycles. The fourth-order valence-corrected chi connectivity index (χ4v) is 1.78. The van der Waals surface area contributed by atoms with Gasteiger partial charge < -0.3 is 20.7 Å². The number of amides is 3. The molecule has 0 spiro atoms. The largest absolute Gasteiger partial charge is 0.411 e. The number of hydrogen-bond donors (Lipinski definition) is 3. The van der Waals surface area contributed by atoms with Crippen molar-refractivity contribution < 1.29 is 27.5 Å². The summed E-state index contributed by atoms with van der Waals surface area (Å²) in [6, 6.07) is 5.07. The molecular weight excluding hydrogens is 327 g/mol. The minimum atomic E-state index is -4.40. The Balaban J connectivity index is 2.47. The Kier molecular flexibility index (Phi) is 7.50. The zero-order valence-corrected chi connectivity index (χ0v) is 13.4. The van der Waals surface area contributed by atoms with Crippen LogP contribution in [0.1, 0.15) is 24.2 Å². The van der Waals surface area contributed by atoms with E-state index in [2.05, 4.69) is 20.7 Å². The summed E-state index contributed by atoms with van der Waals surface area (Å²) in [6.45, 7) is 2.14. The smallest absolute Gasteiger partial charge is 0.370 e. The number of urea groups is 1. The molecule has 3 N–H and O–H groups in total. The van der Waals surface area contributed by atoms with Crippen molar-refractivity contribution in [3.63, 3.8) is 0 Å². The lowest BCUT2D eigenvalue weighted by Crippen LogP contribution is -2.39. The molecule has 0 aliphatic heterocycles. The van der Waals surface area contributed by atoms with Gasteiger partial charge >= 0.3 is 12.2 Å². The van der Waals surface area contributed by atoms with E-state index in [4.69, 9.17) is 0 Å². The third-order valence-electron chi connectivity index (χ3n) is 2.73. The molecule has 1 unspecified atom stereocenters. The molecule has 9 heteroatoms. The number of hydrogen-bond acceptors (Lipinski definition) is 3. The maximum Gasteiger partial charge on any atom is 0.411 e. The first-order valence-corrected chi connectivity index (χ1v) is 7.31. The molecule has 1 aromatic rings. The molecule has 0 bridgehead atoms. The van der Waals surface area contributed by atoms with E-state index in [0.29, 0.717) is 17.8 Å². The van der Waals surface area contributed by atoms with Crippen LogP contribution in [-0.4, -0.2) is 43.9 Å². The molecular formula is C15H20F3N3O3. The second kappa shape index (κ2) is 9.11. The highest BCUT2D eigenvalue weighted by molar-refractivity contribution is 5.96. The Morgan fingerprint density at radius 1 is 1.29 bits per heavy atom. The van der Waals surface area contributed by atoms with Gasteiger partial charge in [-0.3, -0.25) is 4.79 Å². The van der Waals surface area contributed by atoms with Crippen molar-refractivity contribution in [1.82, 2.24) is 10.6 Å². The van der Waals surface area contributed by atoms with Crippen LogP contribution in [0.4, 0.5) is 23.7 Å². The predicted octanol–water partition coefficient (Wildman–Crippen LogP) is 2.53. The van der Waals surface area contributed by atoms with Gasteiger partial charge in [-0.15, -0.1) is 0 Å². The van der Waals surface area contributed by atoms with Crippen LogP contribution in [0.15, 0.2) is 24.3 Å². The zero-order valence-electron chi connectivity index (χ0n) is 13.4. The summed E-state index contributed by atoms with van der Waals surface area (Å²) in [5.74, 6) is -0.268. The first-order chi connectivity index (χ1) is 11.2. The topological polar surface area (TPSA) is 79.5 Å². The molecule has 0 radical (unpaired) electrons. The highest BCUT2D eigenvalue weighted by atomic mass is 19.4. The van der Waals surface area contributed by atoms with E-state index >= 15 is 0 Å². The van der Waals surface area contributed by atoms with Crippen LogP contribution in [0.2, 0.25) is 0 Å². The number of carbonyl (C=O) groups excluding carboxylic acids is 2. The van der Waals surface area contributed by atoms with Crippen LogP contribution in [0.5, 0.6) is 0 Å². The second-order valence-electron chi connectivity index (χ2n) is 5.07. The summed E-state index contributed by atoms with van der Waals surface area (Å²) in [7, 11) is 0. The Hall–Kier alpha value is -2.29. The van der Waals surface area contributed by atoms with E-state index in [1.54, 1.807) is 25.1 Å². The molecule has 134 valence electrons. The summed E-state index contributed by atoms with van der Waals surface area (Å²) in [5.41, 5.74) is 0.774. The lowest BCUT2D eigenvalue weighted by Gasteiger charge is -2.16. The first kappa shape index (κ1) is 19.8. The second-order valence-corrected chi connectivity index (χ2v) is 5.07. The number of alkyl halides is 3. The summed E-state index contributed by atoms with van der Waals surface area (Å²) < 4.78 is 40.3. The van der Waals surface area contributed by atoms with Crippen molar-refractivity contribution >= 4 is 17.6 Å². The van der Waals surface area contributed by atoms with Gasteiger partial charge in [0.25, 0.3) is 5.91 Å². The molecule has 0 aliphatic carbocycles. The summed E-state index contributed by atoms with van der Waals surface area (Å²) in [6.07, 6.45) is -4.40. The predicted molar refractivity (Wildman–Crippen MR) is 82.9 cm³/mol. The van der Waals surface area contributed by atoms with Crippen molar-refractivity contribution in [2.24, 2.45) is 0 Å². The molecule has 0 aliphatic rings.